The molecule has 0 saturated heterocycles. The molecule has 0 amide bonds. The van der Waals surface area contributed by atoms with Gasteiger partial charge < -0.3 is 0 Å². The lowest BCUT2D eigenvalue weighted by atomic mass is 9.71. The van der Waals surface area contributed by atoms with E-state index in [1.807, 2.05) is 12.1 Å². The molecule has 1 unspecified atom stereocenters. The molecule has 0 N–H and O–H groups in total. The number of hydrogen-bond donors (Lipinski definition) is 0. The van der Waals surface area contributed by atoms with Gasteiger partial charge in [0, 0.05) is 17.7 Å². The first-order valence-corrected chi connectivity index (χ1v) is 6.96. The van der Waals surface area contributed by atoms with Gasteiger partial charge in [-0.1, -0.05) is 6.42 Å². The van der Waals surface area contributed by atoms with Gasteiger partial charge in [-0.2, -0.15) is 5.26 Å². The van der Waals surface area contributed by atoms with E-state index in [0.717, 1.165) is 27.9 Å². The average Bonchev–Trinajstić information content (AvgIpc) is 2.67. The third-order valence-electron chi connectivity index (χ3n) is 3.11. The van der Waals surface area contributed by atoms with Crippen molar-refractivity contribution in [3.63, 3.8) is 0 Å². The van der Waals surface area contributed by atoms with Gasteiger partial charge in [0.2, 0.25) is 0 Å². The Labute approximate surface area is 107 Å². The maximum Gasteiger partial charge on any atom is 0.153 e. The topological polar surface area (TPSA) is 40.9 Å². The van der Waals surface area contributed by atoms with Crippen molar-refractivity contribution in [3.05, 3.63) is 20.8 Å². The van der Waals surface area contributed by atoms with E-state index in [1.165, 1.54) is 0 Å². The first-order valence-electron chi connectivity index (χ1n) is 5.35. The zero-order valence-corrected chi connectivity index (χ0v) is 11.2. The normalized spacial score (nSPS) is 25.4. The van der Waals surface area contributed by atoms with Crippen LogP contribution in [0.2, 0.25) is 0 Å². The van der Waals surface area contributed by atoms with Crippen molar-refractivity contribution in [3.8, 4) is 6.07 Å². The quantitative estimate of drug-likeness (QED) is 0.835. The summed E-state index contributed by atoms with van der Waals surface area (Å²) in [4.78, 5) is 13.0. The number of nitriles is 1. The number of Topliss-reactive ketones (excluding diaryl/α,β-unsaturated/α-hetero) is 1. The number of thiophene rings is 1. The summed E-state index contributed by atoms with van der Waals surface area (Å²) in [5.74, 6) is 0.130. The third kappa shape index (κ3) is 2.21. The zero-order valence-electron chi connectivity index (χ0n) is 8.83. The molecule has 84 valence electrons. The maximum absolute atomic E-state index is 11.9. The molecule has 0 aromatic carbocycles. The summed E-state index contributed by atoms with van der Waals surface area (Å²) >= 11 is 5.01. The number of halogens is 1. The first kappa shape index (κ1) is 11.8. The summed E-state index contributed by atoms with van der Waals surface area (Å²) in [6.07, 6.45) is 3.80. The van der Waals surface area contributed by atoms with Crippen LogP contribution in [0.15, 0.2) is 15.9 Å². The highest BCUT2D eigenvalue weighted by atomic mass is 79.9. The monoisotopic (exact) mass is 297 g/mol. The van der Waals surface area contributed by atoms with E-state index < -0.39 is 5.41 Å². The van der Waals surface area contributed by atoms with Gasteiger partial charge in [0.1, 0.15) is 5.41 Å². The molecule has 1 atom stereocenters. The summed E-state index contributed by atoms with van der Waals surface area (Å²) in [6.45, 7) is 0. The largest absolute Gasteiger partial charge is 0.298 e. The molecule has 2 nitrogen and oxygen atoms in total. The molecular formula is C12H12BrNOS. The van der Waals surface area contributed by atoms with Crippen LogP contribution in [0, 0.1) is 16.7 Å². The molecular weight excluding hydrogens is 286 g/mol. The molecule has 1 aromatic heterocycles. The van der Waals surface area contributed by atoms with Crippen molar-refractivity contribution in [2.45, 2.75) is 32.1 Å². The SMILES string of the molecule is N#CC1(Cc2ccc(Br)s2)CCCCC1=O. The fraction of sp³-hybridized carbons (Fsp3) is 0.500. The van der Waals surface area contributed by atoms with Gasteiger partial charge in [-0.15, -0.1) is 11.3 Å². The van der Waals surface area contributed by atoms with Crippen LogP contribution in [0.3, 0.4) is 0 Å². The second-order valence-electron chi connectivity index (χ2n) is 4.21. The van der Waals surface area contributed by atoms with Crippen molar-refractivity contribution in [1.29, 1.82) is 5.26 Å². The Kier molecular flexibility index (Phi) is 3.46. The lowest BCUT2D eigenvalue weighted by molar-refractivity contribution is -0.128. The summed E-state index contributed by atoms with van der Waals surface area (Å²) in [6, 6.07) is 6.23. The van der Waals surface area contributed by atoms with Crippen LogP contribution in [-0.2, 0) is 11.2 Å². The van der Waals surface area contributed by atoms with Gasteiger partial charge in [0.05, 0.1) is 9.86 Å². The summed E-state index contributed by atoms with van der Waals surface area (Å²) in [7, 11) is 0. The lowest BCUT2D eigenvalue weighted by Gasteiger charge is -2.28. The Bertz CT molecular complexity index is 448. The van der Waals surface area contributed by atoms with Crippen LogP contribution in [0.4, 0.5) is 0 Å². The molecule has 16 heavy (non-hydrogen) atoms. The van der Waals surface area contributed by atoms with Crippen molar-refractivity contribution >= 4 is 33.0 Å². The highest BCUT2D eigenvalue weighted by Gasteiger charge is 2.40. The zero-order chi connectivity index (χ0) is 11.6. The first-order chi connectivity index (χ1) is 7.66. The number of carbonyl (C=O) groups excluding carboxylic acids is 1. The maximum atomic E-state index is 11.9. The van der Waals surface area contributed by atoms with Gasteiger partial charge in [0.15, 0.2) is 5.78 Å². The minimum Gasteiger partial charge on any atom is -0.298 e. The van der Waals surface area contributed by atoms with E-state index in [4.69, 9.17) is 0 Å². The Hall–Kier alpha value is -0.660. The van der Waals surface area contributed by atoms with Crippen molar-refractivity contribution < 1.29 is 4.79 Å². The fourth-order valence-electron chi connectivity index (χ4n) is 2.18. The minimum absolute atomic E-state index is 0.130. The van der Waals surface area contributed by atoms with Crippen LogP contribution in [0.5, 0.6) is 0 Å². The molecule has 1 aromatic rings. The van der Waals surface area contributed by atoms with Crippen LogP contribution in [0.25, 0.3) is 0 Å². The van der Waals surface area contributed by atoms with Crippen molar-refractivity contribution in [2.24, 2.45) is 5.41 Å². The van der Waals surface area contributed by atoms with E-state index in [1.54, 1.807) is 11.3 Å². The second-order valence-corrected chi connectivity index (χ2v) is 6.75. The summed E-state index contributed by atoms with van der Waals surface area (Å²) in [5.41, 5.74) is -0.747. The molecule has 0 spiro atoms. The molecule has 1 saturated carbocycles. The Morgan fingerprint density at radius 3 is 2.88 bits per heavy atom. The van der Waals surface area contributed by atoms with E-state index in [2.05, 4.69) is 22.0 Å². The van der Waals surface area contributed by atoms with Gasteiger partial charge in [-0.25, -0.2) is 0 Å². The molecule has 0 aliphatic heterocycles. The standard InChI is InChI=1S/C12H12BrNOS/c13-11-5-4-9(16-11)7-12(8-14)6-2-1-3-10(12)15/h4-5H,1-3,6-7H2. The van der Waals surface area contributed by atoms with Crippen LogP contribution < -0.4 is 0 Å². The van der Waals surface area contributed by atoms with E-state index in [-0.39, 0.29) is 5.78 Å². The average molecular weight is 298 g/mol. The number of ketones is 1. The van der Waals surface area contributed by atoms with E-state index in [9.17, 15) is 10.1 Å². The minimum atomic E-state index is -0.747. The predicted octanol–water partition coefficient (Wildman–Crippen LogP) is 3.71. The fourth-order valence-corrected chi connectivity index (χ4v) is 3.78. The Morgan fingerprint density at radius 2 is 2.31 bits per heavy atom. The third-order valence-corrected chi connectivity index (χ3v) is 4.73. The molecule has 1 fully saturated rings. The van der Waals surface area contributed by atoms with Gasteiger partial charge in [0.25, 0.3) is 0 Å². The number of rotatable bonds is 2. The highest BCUT2D eigenvalue weighted by Crippen LogP contribution is 2.38. The Morgan fingerprint density at radius 1 is 1.50 bits per heavy atom. The molecule has 1 aliphatic rings. The lowest BCUT2D eigenvalue weighted by Crippen LogP contribution is -2.34. The summed E-state index contributed by atoms with van der Waals surface area (Å²) in [5, 5.41) is 9.30. The van der Waals surface area contributed by atoms with Crippen molar-refractivity contribution in [1.82, 2.24) is 0 Å². The molecule has 0 radical (unpaired) electrons. The molecule has 4 heteroatoms. The summed E-state index contributed by atoms with van der Waals surface area (Å²) < 4.78 is 1.05. The van der Waals surface area contributed by atoms with Crippen LogP contribution in [0.1, 0.15) is 30.6 Å². The molecule has 0 bridgehead atoms. The predicted molar refractivity (Wildman–Crippen MR) is 67.2 cm³/mol. The molecule has 1 heterocycles. The number of hydrogen-bond acceptors (Lipinski definition) is 3. The van der Waals surface area contributed by atoms with Gasteiger partial charge >= 0.3 is 0 Å². The highest BCUT2D eigenvalue weighted by molar-refractivity contribution is 9.11. The van der Waals surface area contributed by atoms with Crippen LogP contribution in [-0.4, -0.2) is 5.78 Å². The number of nitrogens with zero attached hydrogens (tertiary/aromatic N) is 1. The van der Waals surface area contributed by atoms with Gasteiger partial charge in [-0.3, -0.25) is 4.79 Å². The molecule has 1 aliphatic carbocycles. The van der Waals surface area contributed by atoms with Crippen LogP contribution >= 0.6 is 27.3 Å². The Balaban J connectivity index is 2.22. The number of carbonyl (C=O) groups is 1. The van der Waals surface area contributed by atoms with E-state index >= 15 is 0 Å². The van der Waals surface area contributed by atoms with Crippen molar-refractivity contribution in [2.75, 3.05) is 0 Å². The smallest absolute Gasteiger partial charge is 0.153 e. The molecule has 2 rings (SSSR count). The van der Waals surface area contributed by atoms with Gasteiger partial charge in [-0.05, 0) is 40.9 Å². The van der Waals surface area contributed by atoms with E-state index in [0.29, 0.717) is 12.8 Å². The second kappa shape index (κ2) is 4.68.